The lowest BCUT2D eigenvalue weighted by Gasteiger charge is -2.03. The molecule has 0 saturated carbocycles. The SMILES string of the molecule is NC(=O)c1cccc(-c2csc(Nc3ccccc3F)n2)c1. The smallest absolute Gasteiger partial charge is 0.248 e. The highest BCUT2D eigenvalue weighted by Gasteiger charge is 2.08. The molecule has 0 unspecified atom stereocenters. The van der Waals surface area contributed by atoms with Crippen LogP contribution in [0.4, 0.5) is 15.2 Å². The number of hydrogen-bond acceptors (Lipinski definition) is 4. The van der Waals surface area contributed by atoms with Gasteiger partial charge < -0.3 is 11.1 Å². The van der Waals surface area contributed by atoms with E-state index in [0.717, 1.165) is 5.56 Å². The Balaban J connectivity index is 1.86. The molecule has 1 aromatic heterocycles. The van der Waals surface area contributed by atoms with Crippen LogP contribution >= 0.6 is 11.3 Å². The van der Waals surface area contributed by atoms with Gasteiger partial charge >= 0.3 is 0 Å². The summed E-state index contributed by atoms with van der Waals surface area (Å²) >= 11 is 1.36. The van der Waals surface area contributed by atoms with Gasteiger partial charge in [0.15, 0.2) is 5.13 Å². The molecule has 6 heteroatoms. The van der Waals surface area contributed by atoms with Gasteiger partial charge in [0.2, 0.25) is 5.91 Å². The Morgan fingerprint density at radius 2 is 2.00 bits per heavy atom. The van der Waals surface area contributed by atoms with Crippen LogP contribution in [0.5, 0.6) is 0 Å². The monoisotopic (exact) mass is 313 g/mol. The van der Waals surface area contributed by atoms with Gasteiger partial charge in [0, 0.05) is 16.5 Å². The van der Waals surface area contributed by atoms with Crippen LogP contribution in [0, 0.1) is 5.82 Å². The second-order valence-electron chi connectivity index (χ2n) is 4.59. The summed E-state index contributed by atoms with van der Waals surface area (Å²) < 4.78 is 13.6. The van der Waals surface area contributed by atoms with E-state index in [4.69, 9.17) is 5.73 Å². The fraction of sp³-hybridized carbons (Fsp3) is 0. The Hall–Kier alpha value is -2.73. The maximum absolute atomic E-state index is 13.6. The highest BCUT2D eigenvalue weighted by molar-refractivity contribution is 7.14. The lowest BCUT2D eigenvalue weighted by molar-refractivity contribution is 0.100. The zero-order chi connectivity index (χ0) is 15.5. The molecule has 1 amide bonds. The molecule has 110 valence electrons. The molecule has 0 bridgehead atoms. The van der Waals surface area contributed by atoms with Crippen molar-refractivity contribution >= 4 is 28.1 Å². The van der Waals surface area contributed by atoms with Gasteiger partial charge in [-0.05, 0) is 24.3 Å². The molecule has 1 heterocycles. The fourth-order valence-corrected chi connectivity index (χ4v) is 2.71. The number of nitrogens with two attached hydrogens (primary N) is 1. The van der Waals surface area contributed by atoms with E-state index in [-0.39, 0.29) is 5.82 Å². The number of benzene rings is 2. The second kappa shape index (κ2) is 5.95. The van der Waals surface area contributed by atoms with Gasteiger partial charge in [0.1, 0.15) is 5.82 Å². The number of halogens is 1. The number of para-hydroxylation sites is 1. The molecular weight excluding hydrogens is 301 g/mol. The molecule has 3 N–H and O–H groups in total. The van der Waals surface area contributed by atoms with Crippen molar-refractivity contribution in [2.24, 2.45) is 5.73 Å². The minimum atomic E-state index is -0.484. The van der Waals surface area contributed by atoms with Crippen molar-refractivity contribution in [1.29, 1.82) is 0 Å². The molecule has 0 saturated heterocycles. The van der Waals surface area contributed by atoms with E-state index in [1.807, 2.05) is 11.4 Å². The molecule has 22 heavy (non-hydrogen) atoms. The van der Waals surface area contributed by atoms with Gasteiger partial charge in [-0.15, -0.1) is 11.3 Å². The average molecular weight is 313 g/mol. The predicted molar refractivity (Wildman–Crippen MR) is 85.8 cm³/mol. The van der Waals surface area contributed by atoms with Crippen LogP contribution < -0.4 is 11.1 Å². The Bertz CT molecular complexity index is 832. The van der Waals surface area contributed by atoms with E-state index in [1.165, 1.54) is 17.4 Å². The van der Waals surface area contributed by atoms with E-state index in [2.05, 4.69) is 10.3 Å². The number of hydrogen-bond donors (Lipinski definition) is 2. The summed E-state index contributed by atoms with van der Waals surface area (Å²) in [5, 5.41) is 5.35. The van der Waals surface area contributed by atoms with Crippen LogP contribution in [-0.4, -0.2) is 10.9 Å². The first kappa shape index (κ1) is 14.2. The molecule has 0 fully saturated rings. The van der Waals surface area contributed by atoms with Crippen LogP contribution in [0.15, 0.2) is 53.9 Å². The first-order chi connectivity index (χ1) is 10.6. The Kier molecular flexibility index (Phi) is 3.84. The van der Waals surface area contributed by atoms with Crippen molar-refractivity contribution in [3.8, 4) is 11.3 Å². The number of carbonyl (C=O) groups excluding carboxylic acids is 1. The van der Waals surface area contributed by atoms with Gasteiger partial charge in [-0.1, -0.05) is 24.3 Å². The number of primary amides is 1. The highest BCUT2D eigenvalue weighted by Crippen LogP contribution is 2.28. The highest BCUT2D eigenvalue weighted by atomic mass is 32.1. The number of carbonyl (C=O) groups is 1. The van der Waals surface area contributed by atoms with Crippen LogP contribution in [0.1, 0.15) is 10.4 Å². The number of aromatic nitrogens is 1. The molecular formula is C16H12FN3OS. The van der Waals surface area contributed by atoms with Crippen molar-refractivity contribution in [3.63, 3.8) is 0 Å². The second-order valence-corrected chi connectivity index (χ2v) is 5.45. The van der Waals surface area contributed by atoms with Crippen molar-refractivity contribution in [1.82, 2.24) is 4.98 Å². The number of nitrogens with zero attached hydrogens (tertiary/aromatic N) is 1. The molecule has 2 aromatic carbocycles. The Morgan fingerprint density at radius 3 is 2.77 bits per heavy atom. The average Bonchev–Trinajstić information content (AvgIpc) is 2.98. The first-order valence-corrected chi connectivity index (χ1v) is 7.39. The maximum atomic E-state index is 13.6. The summed E-state index contributed by atoms with van der Waals surface area (Å²) in [6.07, 6.45) is 0. The summed E-state index contributed by atoms with van der Waals surface area (Å²) in [6, 6.07) is 13.3. The minimum Gasteiger partial charge on any atom is -0.366 e. The third kappa shape index (κ3) is 2.96. The van der Waals surface area contributed by atoms with Gasteiger partial charge in [-0.2, -0.15) is 0 Å². The molecule has 0 aliphatic heterocycles. The van der Waals surface area contributed by atoms with Gasteiger partial charge in [0.25, 0.3) is 0 Å². The lowest BCUT2D eigenvalue weighted by Crippen LogP contribution is -2.10. The van der Waals surface area contributed by atoms with Crippen molar-refractivity contribution in [2.45, 2.75) is 0 Å². The van der Waals surface area contributed by atoms with E-state index in [1.54, 1.807) is 36.4 Å². The Morgan fingerprint density at radius 1 is 1.18 bits per heavy atom. The van der Waals surface area contributed by atoms with Crippen LogP contribution in [0.25, 0.3) is 11.3 Å². The van der Waals surface area contributed by atoms with E-state index in [0.29, 0.717) is 22.1 Å². The number of anilines is 2. The molecule has 0 aliphatic rings. The van der Waals surface area contributed by atoms with Crippen LogP contribution in [0.3, 0.4) is 0 Å². The van der Waals surface area contributed by atoms with E-state index < -0.39 is 5.91 Å². The van der Waals surface area contributed by atoms with Crippen LogP contribution in [-0.2, 0) is 0 Å². The Labute approximate surface area is 130 Å². The quantitative estimate of drug-likeness (QED) is 0.770. The first-order valence-electron chi connectivity index (χ1n) is 6.51. The van der Waals surface area contributed by atoms with Crippen molar-refractivity contribution < 1.29 is 9.18 Å². The van der Waals surface area contributed by atoms with Crippen molar-refractivity contribution in [3.05, 3.63) is 65.3 Å². The number of amides is 1. The standard InChI is InChI=1S/C16H12FN3OS/c17-12-6-1-2-7-13(12)19-16-20-14(9-22-16)10-4-3-5-11(8-10)15(18)21/h1-9H,(H2,18,21)(H,19,20). The van der Waals surface area contributed by atoms with Gasteiger partial charge in [-0.3, -0.25) is 4.79 Å². The van der Waals surface area contributed by atoms with Gasteiger partial charge in [-0.25, -0.2) is 9.37 Å². The topological polar surface area (TPSA) is 68.0 Å². The molecule has 3 aromatic rings. The third-order valence-corrected chi connectivity index (χ3v) is 3.82. The summed E-state index contributed by atoms with van der Waals surface area (Å²) in [7, 11) is 0. The number of rotatable bonds is 4. The van der Waals surface area contributed by atoms with Crippen LogP contribution in [0.2, 0.25) is 0 Å². The summed E-state index contributed by atoms with van der Waals surface area (Å²) in [4.78, 5) is 15.6. The zero-order valence-corrected chi connectivity index (χ0v) is 12.2. The molecule has 0 atom stereocenters. The lowest BCUT2D eigenvalue weighted by atomic mass is 10.1. The zero-order valence-electron chi connectivity index (χ0n) is 11.4. The fourth-order valence-electron chi connectivity index (χ4n) is 1.97. The van der Waals surface area contributed by atoms with Crippen molar-refractivity contribution in [2.75, 3.05) is 5.32 Å². The minimum absolute atomic E-state index is 0.338. The maximum Gasteiger partial charge on any atom is 0.248 e. The molecule has 0 aliphatic carbocycles. The molecule has 0 spiro atoms. The number of nitrogens with one attached hydrogen (secondary N) is 1. The molecule has 4 nitrogen and oxygen atoms in total. The van der Waals surface area contributed by atoms with E-state index in [9.17, 15) is 9.18 Å². The van der Waals surface area contributed by atoms with E-state index >= 15 is 0 Å². The summed E-state index contributed by atoms with van der Waals surface area (Å²) in [5.74, 6) is -0.822. The molecule has 0 radical (unpaired) electrons. The third-order valence-electron chi connectivity index (χ3n) is 3.06. The summed E-state index contributed by atoms with van der Waals surface area (Å²) in [5.41, 5.74) is 7.56. The van der Waals surface area contributed by atoms with Gasteiger partial charge in [0.05, 0.1) is 11.4 Å². The summed E-state index contributed by atoms with van der Waals surface area (Å²) in [6.45, 7) is 0. The number of thiazole rings is 1. The normalized spacial score (nSPS) is 10.4. The molecule has 3 rings (SSSR count). The predicted octanol–water partition coefficient (Wildman–Crippen LogP) is 3.79. The largest absolute Gasteiger partial charge is 0.366 e.